The second kappa shape index (κ2) is 2.89. The summed E-state index contributed by atoms with van der Waals surface area (Å²) in [5.74, 6) is -0.119. The number of thioether (sulfide) groups is 1. The highest BCUT2D eigenvalue weighted by Crippen LogP contribution is 2.42. The minimum atomic E-state index is -0.337. The molecule has 1 atom stereocenters. The van der Waals surface area contributed by atoms with Crippen molar-refractivity contribution in [2.45, 2.75) is 4.99 Å². The van der Waals surface area contributed by atoms with Crippen LogP contribution in [0.1, 0.15) is 0 Å². The minimum Gasteiger partial charge on any atom is -0.286 e. The average Bonchev–Trinajstić information content (AvgIpc) is 2.10. The molecule has 5 heteroatoms. The van der Waals surface area contributed by atoms with Crippen molar-refractivity contribution in [3.8, 4) is 0 Å². The summed E-state index contributed by atoms with van der Waals surface area (Å²) in [5, 5.41) is 2.05. The third-order valence-corrected chi connectivity index (χ3v) is 4.64. The summed E-state index contributed by atoms with van der Waals surface area (Å²) in [5.41, 5.74) is 0. The van der Waals surface area contributed by atoms with Crippen LogP contribution in [0.3, 0.4) is 0 Å². The Morgan fingerprint density at radius 2 is 2.10 bits per heavy atom. The number of amides is 2. The van der Waals surface area contributed by atoms with Crippen LogP contribution in [0.5, 0.6) is 0 Å². The van der Waals surface area contributed by atoms with Crippen molar-refractivity contribution >= 4 is 30.8 Å². The molecular formula is C5H8NO2PS. The smallest absolute Gasteiger partial charge is 0.286 e. The van der Waals surface area contributed by atoms with Crippen molar-refractivity contribution in [2.24, 2.45) is 0 Å². The number of hydrogen-bond donors (Lipinski definition) is 1. The zero-order chi connectivity index (χ0) is 7.72. The van der Waals surface area contributed by atoms with Crippen LogP contribution < -0.4 is 5.32 Å². The summed E-state index contributed by atoms with van der Waals surface area (Å²) >= 11 is 1.11. The second-order valence-corrected chi connectivity index (χ2v) is 6.08. The maximum absolute atomic E-state index is 10.9. The third kappa shape index (κ3) is 1.50. The molecule has 0 aromatic carbocycles. The van der Waals surface area contributed by atoms with E-state index < -0.39 is 0 Å². The predicted octanol–water partition coefficient (Wildman–Crippen LogP) is 1.04. The molecule has 1 saturated heterocycles. The van der Waals surface area contributed by atoms with Crippen LogP contribution in [-0.4, -0.2) is 29.5 Å². The van der Waals surface area contributed by atoms with Crippen LogP contribution in [0, 0.1) is 0 Å². The third-order valence-electron chi connectivity index (χ3n) is 1.14. The van der Waals surface area contributed by atoms with Crippen molar-refractivity contribution in [2.75, 3.05) is 13.3 Å². The summed E-state index contributed by atoms with van der Waals surface area (Å²) in [6.45, 7) is 3.98. The highest BCUT2D eigenvalue weighted by atomic mass is 32.2. The van der Waals surface area contributed by atoms with Gasteiger partial charge in [0, 0.05) is 0 Å². The van der Waals surface area contributed by atoms with Gasteiger partial charge in [0.25, 0.3) is 5.24 Å². The van der Waals surface area contributed by atoms with Crippen LogP contribution in [0.2, 0.25) is 0 Å². The molecule has 0 bridgehead atoms. The quantitative estimate of drug-likeness (QED) is 0.608. The maximum atomic E-state index is 10.9. The van der Waals surface area contributed by atoms with E-state index in [0.29, 0.717) is 0 Å². The Morgan fingerprint density at radius 1 is 1.50 bits per heavy atom. The van der Waals surface area contributed by atoms with Gasteiger partial charge in [-0.1, -0.05) is 7.92 Å². The van der Waals surface area contributed by atoms with E-state index in [0.717, 1.165) is 11.8 Å². The molecule has 1 aliphatic rings. The van der Waals surface area contributed by atoms with Gasteiger partial charge in [0.05, 0.1) is 0 Å². The summed E-state index contributed by atoms with van der Waals surface area (Å²) in [7, 11) is -0.337. The van der Waals surface area contributed by atoms with Gasteiger partial charge < -0.3 is 0 Å². The molecule has 3 nitrogen and oxygen atoms in total. The van der Waals surface area contributed by atoms with Gasteiger partial charge in [-0.2, -0.15) is 0 Å². The van der Waals surface area contributed by atoms with Crippen molar-refractivity contribution in [3.63, 3.8) is 0 Å². The number of nitrogens with one attached hydrogen (secondary N) is 1. The minimum absolute atomic E-state index is 0.109. The van der Waals surface area contributed by atoms with E-state index in [1.54, 1.807) is 0 Å². The molecule has 0 aliphatic carbocycles. The molecule has 1 heterocycles. The van der Waals surface area contributed by atoms with Gasteiger partial charge in [-0.25, -0.2) is 0 Å². The van der Waals surface area contributed by atoms with Crippen molar-refractivity contribution in [1.82, 2.24) is 5.32 Å². The van der Waals surface area contributed by atoms with Gasteiger partial charge in [-0.3, -0.25) is 14.9 Å². The average molecular weight is 177 g/mol. The lowest BCUT2D eigenvalue weighted by Crippen LogP contribution is -2.22. The Balaban J connectivity index is 2.63. The van der Waals surface area contributed by atoms with Crippen LogP contribution in [0.15, 0.2) is 0 Å². The first kappa shape index (κ1) is 8.02. The Morgan fingerprint density at radius 3 is 2.30 bits per heavy atom. The number of imide groups is 1. The molecule has 56 valence electrons. The van der Waals surface area contributed by atoms with Crippen LogP contribution in [-0.2, 0) is 4.79 Å². The zero-order valence-corrected chi connectivity index (χ0v) is 7.46. The number of rotatable bonds is 1. The Kier molecular flexibility index (Phi) is 2.32. The Labute approximate surface area is 64.7 Å². The summed E-state index contributed by atoms with van der Waals surface area (Å²) in [6, 6.07) is 0. The Bertz CT molecular complexity index is 182. The molecule has 2 amide bonds. The van der Waals surface area contributed by atoms with Gasteiger partial charge in [0.1, 0.15) is 4.99 Å². The Hall–Kier alpha value is -0.0800. The number of hydrogen-bond acceptors (Lipinski definition) is 3. The fraction of sp³-hybridized carbons (Fsp3) is 0.600. The standard InChI is InChI=1S/C5H8NO2PS/c1-9(2)4-3(7)6-5(8)10-4/h4H,1-2H3,(H,6,7,8). The van der Waals surface area contributed by atoms with Gasteiger partial charge in [0.2, 0.25) is 5.91 Å². The summed E-state index contributed by atoms with van der Waals surface area (Å²) in [4.78, 5) is 21.4. The summed E-state index contributed by atoms with van der Waals surface area (Å²) in [6.07, 6.45) is 0. The number of carbonyl (C=O) groups excluding carboxylic acids is 2. The molecule has 0 aromatic heterocycles. The van der Waals surface area contributed by atoms with E-state index in [1.807, 2.05) is 13.3 Å². The van der Waals surface area contributed by atoms with Crippen molar-refractivity contribution in [3.05, 3.63) is 0 Å². The van der Waals surface area contributed by atoms with Gasteiger partial charge in [-0.05, 0) is 25.1 Å². The molecule has 1 fully saturated rings. The topological polar surface area (TPSA) is 46.2 Å². The molecule has 10 heavy (non-hydrogen) atoms. The molecular weight excluding hydrogens is 169 g/mol. The van der Waals surface area contributed by atoms with Crippen LogP contribution in [0.25, 0.3) is 0 Å². The van der Waals surface area contributed by atoms with Gasteiger partial charge >= 0.3 is 0 Å². The second-order valence-electron chi connectivity index (χ2n) is 2.21. The normalized spacial score (nSPS) is 25.7. The van der Waals surface area contributed by atoms with E-state index in [4.69, 9.17) is 0 Å². The van der Waals surface area contributed by atoms with E-state index in [2.05, 4.69) is 5.32 Å². The predicted molar refractivity (Wildman–Crippen MR) is 43.7 cm³/mol. The van der Waals surface area contributed by atoms with E-state index in [-0.39, 0.29) is 24.1 Å². The highest BCUT2D eigenvalue weighted by Gasteiger charge is 2.33. The highest BCUT2D eigenvalue weighted by molar-refractivity contribution is 8.19. The fourth-order valence-corrected chi connectivity index (χ4v) is 2.88. The maximum Gasteiger partial charge on any atom is 0.286 e. The fourth-order valence-electron chi connectivity index (χ4n) is 0.687. The molecule has 0 radical (unpaired) electrons. The summed E-state index contributed by atoms with van der Waals surface area (Å²) < 4.78 is 0. The largest absolute Gasteiger partial charge is 0.286 e. The molecule has 1 rings (SSSR count). The monoisotopic (exact) mass is 177 g/mol. The lowest BCUT2D eigenvalue weighted by molar-refractivity contribution is -0.117. The van der Waals surface area contributed by atoms with Crippen molar-refractivity contribution < 1.29 is 9.59 Å². The van der Waals surface area contributed by atoms with E-state index >= 15 is 0 Å². The van der Waals surface area contributed by atoms with Crippen LogP contribution >= 0.6 is 19.7 Å². The SMILES string of the molecule is CP(C)C1SC(=O)NC1=O. The lowest BCUT2D eigenvalue weighted by Gasteiger charge is -2.07. The first-order valence-electron chi connectivity index (χ1n) is 2.79. The van der Waals surface area contributed by atoms with E-state index in [9.17, 15) is 9.59 Å². The lowest BCUT2D eigenvalue weighted by atomic mass is 10.7. The van der Waals surface area contributed by atoms with Crippen LogP contribution in [0.4, 0.5) is 4.79 Å². The molecule has 0 spiro atoms. The van der Waals surface area contributed by atoms with Gasteiger partial charge in [-0.15, -0.1) is 0 Å². The zero-order valence-electron chi connectivity index (χ0n) is 5.75. The molecule has 0 aromatic rings. The van der Waals surface area contributed by atoms with Gasteiger partial charge in [0.15, 0.2) is 0 Å². The number of carbonyl (C=O) groups is 2. The van der Waals surface area contributed by atoms with E-state index in [1.165, 1.54) is 0 Å². The molecule has 0 saturated carbocycles. The molecule has 1 aliphatic heterocycles. The first-order valence-corrected chi connectivity index (χ1v) is 5.97. The van der Waals surface area contributed by atoms with Crippen molar-refractivity contribution in [1.29, 1.82) is 0 Å². The first-order chi connectivity index (χ1) is 4.61. The molecule has 1 unspecified atom stereocenters. The molecule has 1 N–H and O–H groups in total.